The first-order valence-corrected chi connectivity index (χ1v) is 15.5. The van der Waals surface area contributed by atoms with Gasteiger partial charge in [-0.1, -0.05) is 52.4 Å². The molecule has 2 rings (SSSR count). The second-order valence-corrected chi connectivity index (χ2v) is 15.4. The first-order valence-electron chi connectivity index (χ1n) is 7.39. The van der Waals surface area contributed by atoms with Gasteiger partial charge in [0.25, 0.3) is 0 Å². The van der Waals surface area contributed by atoms with E-state index in [1.165, 1.54) is 11.1 Å². The Morgan fingerprint density at radius 1 is 0.818 bits per heavy atom. The van der Waals surface area contributed by atoms with Gasteiger partial charge in [-0.2, -0.15) is 47.5 Å². The number of rotatable bonds is 0. The Morgan fingerprint density at radius 3 is 1.18 bits per heavy atom. The molecule has 0 saturated heterocycles. The van der Waals surface area contributed by atoms with Crippen molar-refractivity contribution < 1.29 is 18.9 Å². The van der Waals surface area contributed by atoms with Crippen LogP contribution >= 0.6 is 17.0 Å². The van der Waals surface area contributed by atoms with Crippen molar-refractivity contribution in [1.29, 1.82) is 0 Å². The second kappa shape index (κ2) is 10.0. The van der Waals surface area contributed by atoms with Crippen molar-refractivity contribution in [2.75, 3.05) is 0 Å². The third-order valence-corrected chi connectivity index (χ3v) is 3.06. The van der Waals surface area contributed by atoms with E-state index in [1.807, 2.05) is 0 Å². The summed E-state index contributed by atoms with van der Waals surface area (Å²) in [6, 6.07) is 17.0. The summed E-state index contributed by atoms with van der Waals surface area (Å²) in [5, 5.41) is 0. The molecule has 0 spiro atoms. The predicted octanol–water partition coefficient (Wildman–Crippen LogP) is 6.75. The van der Waals surface area contributed by atoms with Gasteiger partial charge in [-0.25, -0.2) is 12.1 Å². The van der Waals surface area contributed by atoms with Gasteiger partial charge < -0.3 is 0 Å². The van der Waals surface area contributed by atoms with Crippen LogP contribution in [0.3, 0.4) is 0 Å². The molecule has 0 fully saturated rings. The number of hydrogen-bond donors (Lipinski definition) is 0. The zero-order valence-electron chi connectivity index (χ0n) is 14.6. The van der Waals surface area contributed by atoms with Crippen LogP contribution in [0.15, 0.2) is 48.5 Å². The Labute approximate surface area is 151 Å². The first kappa shape index (κ1) is 22.0. The van der Waals surface area contributed by atoms with E-state index in [-0.39, 0.29) is 0 Å². The maximum atomic E-state index is 5.13. The van der Waals surface area contributed by atoms with Gasteiger partial charge in [0.2, 0.25) is 0 Å². The van der Waals surface area contributed by atoms with E-state index in [1.54, 1.807) is 0 Å². The molecule has 0 radical (unpaired) electrons. The Kier molecular flexibility index (Phi) is 10.0. The topological polar surface area (TPSA) is 0 Å². The molecule has 0 aliphatic rings. The summed E-state index contributed by atoms with van der Waals surface area (Å²) in [6.07, 6.45) is 0. The fourth-order valence-corrected chi connectivity index (χ4v) is 1.75. The zero-order valence-corrected chi connectivity index (χ0v) is 18.6. The molecule has 0 aliphatic heterocycles. The molecule has 2 aromatic carbocycles. The minimum atomic E-state index is -1.85. The van der Waals surface area contributed by atoms with Crippen LogP contribution in [0.5, 0.6) is 0 Å². The van der Waals surface area contributed by atoms with Crippen LogP contribution in [0.4, 0.5) is 0 Å². The van der Waals surface area contributed by atoms with Gasteiger partial charge in [-0.15, -0.1) is 0 Å². The van der Waals surface area contributed by atoms with E-state index < -0.39 is 18.9 Å². The van der Waals surface area contributed by atoms with Crippen molar-refractivity contribution >= 4 is 21.2 Å². The molecule has 0 heterocycles. The van der Waals surface area contributed by atoms with Crippen molar-refractivity contribution in [3.63, 3.8) is 0 Å². The Balaban J connectivity index is 0.000000326. The summed E-state index contributed by atoms with van der Waals surface area (Å²) < 4.78 is 3.37. The van der Waals surface area contributed by atoms with Gasteiger partial charge in [-0.3, -0.25) is 0 Å². The SMILES string of the molecule is CC(C)(C)c1cc[cH-]c1.CC(C)(C)c1cc[cH-]c1.[CH2]=[Zr]([Cl])[Cl]. The molecule has 0 saturated carbocycles. The van der Waals surface area contributed by atoms with Gasteiger partial charge in [-0.05, 0) is 0 Å². The van der Waals surface area contributed by atoms with Crippen LogP contribution in [-0.4, -0.2) is 4.21 Å². The van der Waals surface area contributed by atoms with Crippen LogP contribution in [-0.2, 0) is 29.7 Å². The van der Waals surface area contributed by atoms with Gasteiger partial charge in [0.1, 0.15) is 0 Å². The quantitative estimate of drug-likeness (QED) is 0.415. The minimum absolute atomic E-state index is 0.323. The Morgan fingerprint density at radius 2 is 1.09 bits per heavy atom. The molecule has 3 heteroatoms. The third-order valence-electron chi connectivity index (χ3n) is 3.06. The molecule has 0 bridgehead atoms. The summed E-state index contributed by atoms with van der Waals surface area (Å²) in [5.74, 6) is 0. The fourth-order valence-electron chi connectivity index (χ4n) is 1.75. The van der Waals surface area contributed by atoms with E-state index in [2.05, 4.69) is 94.3 Å². The van der Waals surface area contributed by atoms with Crippen LogP contribution in [0.2, 0.25) is 0 Å². The van der Waals surface area contributed by atoms with Crippen LogP contribution in [0.25, 0.3) is 0 Å². The molecule has 2 aromatic rings. The monoisotopic (exact) mass is 416 g/mol. The normalized spacial score (nSPS) is 10.9. The molecular formula is C19H28Cl2Zr-2. The van der Waals surface area contributed by atoms with Gasteiger partial charge in [0.15, 0.2) is 0 Å². The average molecular weight is 419 g/mol. The molecule has 0 N–H and O–H groups in total. The van der Waals surface area contributed by atoms with Crippen LogP contribution in [0.1, 0.15) is 52.7 Å². The van der Waals surface area contributed by atoms with Gasteiger partial charge >= 0.3 is 40.1 Å². The molecular weight excluding hydrogens is 390 g/mol. The van der Waals surface area contributed by atoms with Crippen molar-refractivity contribution in [3.05, 3.63) is 59.7 Å². The third kappa shape index (κ3) is 10.7. The van der Waals surface area contributed by atoms with E-state index in [0.717, 1.165) is 0 Å². The molecule has 22 heavy (non-hydrogen) atoms. The number of hydrogen-bond acceptors (Lipinski definition) is 0. The molecule has 0 amide bonds. The summed E-state index contributed by atoms with van der Waals surface area (Å²) >= 11 is -1.85. The van der Waals surface area contributed by atoms with E-state index in [0.29, 0.717) is 10.8 Å². The molecule has 0 aromatic heterocycles. The van der Waals surface area contributed by atoms with E-state index >= 15 is 0 Å². The average Bonchev–Trinajstić information content (AvgIpc) is 3.02. The van der Waals surface area contributed by atoms with Crippen molar-refractivity contribution in [3.8, 4) is 0 Å². The van der Waals surface area contributed by atoms with Crippen LogP contribution < -0.4 is 0 Å². The van der Waals surface area contributed by atoms with E-state index in [9.17, 15) is 0 Å². The summed E-state index contributed by atoms with van der Waals surface area (Å²) in [5.41, 5.74) is 3.48. The summed E-state index contributed by atoms with van der Waals surface area (Å²) in [7, 11) is 10.3. The number of halogens is 2. The molecule has 0 aliphatic carbocycles. The zero-order chi connectivity index (χ0) is 17.4. The standard InChI is InChI=1S/2C9H13.CH2.2ClH.Zr/c2*1-9(2,3)8-6-4-5-7-8;;;;/h2*4-7H,1-3H3;1H2;2*1H;/q2*-1;;;;+2/p-2. The van der Waals surface area contributed by atoms with Gasteiger partial charge in [0.05, 0.1) is 0 Å². The van der Waals surface area contributed by atoms with Gasteiger partial charge in [0, 0.05) is 0 Å². The maximum absolute atomic E-state index is 5.13. The second-order valence-electron chi connectivity index (χ2n) is 7.19. The summed E-state index contributed by atoms with van der Waals surface area (Å²) in [4.78, 5) is 0. The predicted molar refractivity (Wildman–Crippen MR) is 100 cm³/mol. The van der Waals surface area contributed by atoms with Crippen molar-refractivity contribution in [1.82, 2.24) is 0 Å². The molecule has 0 unspecified atom stereocenters. The van der Waals surface area contributed by atoms with Crippen molar-refractivity contribution in [2.45, 2.75) is 52.4 Å². The Hall–Kier alpha value is 0.0331. The molecule has 124 valence electrons. The Bertz CT molecular complexity index is 461. The fraction of sp³-hybridized carbons (Fsp3) is 0.421. The summed E-state index contributed by atoms with van der Waals surface area (Å²) in [6.45, 7) is 13.3. The molecule has 0 atom stereocenters. The van der Waals surface area contributed by atoms with E-state index in [4.69, 9.17) is 17.0 Å². The molecule has 0 nitrogen and oxygen atoms in total. The first-order chi connectivity index (χ1) is 9.94. The van der Waals surface area contributed by atoms with Crippen molar-refractivity contribution in [2.24, 2.45) is 0 Å². The van der Waals surface area contributed by atoms with Crippen LogP contribution in [0, 0.1) is 0 Å².